The molecule has 0 radical (unpaired) electrons. The fourth-order valence-corrected chi connectivity index (χ4v) is 9.30. The monoisotopic (exact) mass is 890 g/mol. The highest BCUT2D eigenvalue weighted by atomic mass is 35.5. The molecule has 6 aromatic rings. The van der Waals surface area contributed by atoms with E-state index in [-0.39, 0.29) is 55.2 Å². The molecule has 1 fully saturated rings. The van der Waals surface area contributed by atoms with Crippen LogP contribution in [0.4, 0.5) is 4.39 Å². The number of unbranched alkanes of at least 4 members (excludes halogenated alkanes) is 1. The number of carboxylic acid groups (broad SMARTS) is 1. The number of halogens is 2. The summed E-state index contributed by atoms with van der Waals surface area (Å²) in [6.45, 7) is 4.65. The van der Waals surface area contributed by atoms with E-state index in [2.05, 4.69) is 10.4 Å². The lowest BCUT2D eigenvalue weighted by molar-refractivity contribution is -0.137. The van der Waals surface area contributed by atoms with Crippen molar-refractivity contribution in [1.29, 1.82) is 0 Å². The number of rotatable bonds is 16. The topological polar surface area (TPSA) is 165 Å². The highest BCUT2D eigenvalue weighted by molar-refractivity contribution is 6.35. The number of likely N-dealkylation sites (N-methyl/N-ethyl adjacent to an activating group) is 1. The molecule has 1 atom stereocenters. The Bertz CT molecular complexity index is 2870. The first kappa shape index (κ1) is 43.9. The molecule has 0 bridgehead atoms. The molecule has 8 rings (SSSR count). The van der Waals surface area contributed by atoms with Crippen molar-refractivity contribution in [2.45, 2.75) is 71.5 Å². The quantitative estimate of drug-likeness (QED) is 0.0745. The molecule has 16 heteroatoms. The fourth-order valence-electron chi connectivity index (χ4n) is 9.05. The van der Waals surface area contributed by atoms with Gasteiger partial charge in [0.15, 0.2) is 6.61 Å². The molecule has 332 valence electrons. The zero-order chi connectivity index (χ0) is 45.4. The van der Waals surface area contributed by atoms with E-state index in [1.165, 1.54) is 17.0 Å². The Morgan fingerprint density at radius 1 is 0.969 bits per heavy atom. The first-order chi connectivity index (χ1) is 30.7. The molecule has 2 aromatic heterocycles. The van der Waals surface area contributed by atoms with Gasteiger partial charge in [-0.15, -0.1) is 0 Å². The third-order valence-corrected chi connectivity index (χ3v) is 12.6. The number of carbonyl (C=O) groups is 5. The molecule has 4 aromatic carbocycles. The van der Waals surface area contributed by atoms with Crippen molar-refractivity contribution >= 4 is 62.9 Å². The van der Waals surface area contributed by atoms with Crippen LogP contribution in [0.2, 0.25) is 5.02 Å². The number of fused-ring (bicyclic) bond motifs is 3. The van der Waals surface area contributed by atoms with Crippen LogP contribution in [0.3, 0.4) is 0 Å². The summed E-state index contributed by atoms with van der Waals surface area (Å²) in [5.74, 6) is -1.94. The average molecular weight is 891 g/mol. The van der Waals surface area contributed by atoms with E-state index in [0.29, 0.717) is 89.7 Å². The Labute approximate surface area is 373 Å². The SMILES string of the molecule is Cc1nn(C)c(C)c1-c1c(Cl)ccc2c(CCCOc3cccc4cc(F)ccc34)c(C(=O)O)n(CCCCN(C)C(=O)COc3cccc4c3CN(C3CCC(=O)NC3=O)C4=O)c12. The van der Waals surface area contributed by atoms with E-state index < -0.39 is 17.9 Å². The maximum atomic E-state index is 13.9. The molecule has 0 spiro atoms. The molecular weight excluding hydrogens is 843 g/mol. The molecule has 0 saturated carbocycles. The number of aromatic carboxylic acids is 1. The number of carbonyl (C=O) groups excluding carboxylic acids is 4. The minimum absolute atomic E-state index is 0.115. The summed E-state index contributed by atoms with van der Waals surface area (Å²) in [4.78, 5) is 67.1. The summed E-state index contributed by atoms with van der Waals surface area (Å²) in [6.07, 6.45) is 2.32. The summed E-state index contributed by atoms with van der Waals surface area (Å²) in [7, 11) is 3.53. The number of carboxylic acids is 1. The molecular formula is C48H48ClFN6O8. The third-order valence-electron chi connectivity index (χ3n) is 12.3. The van der Waals surface area contributed by atoms with Crippen molar-refractivity contribution in [3.63, 3.8) is 0 Å². The van der Waals surface area contributed by atoms with Crippen LogP contribution in [0.25, 0.3) is 32.8 Å². The van der Waals surface area contributed by atoms with Gasteiger partial charge in [0.1, 0.15) is 29.1 Å². The number of imide groups is 1. The maximum Gasteiger partial charge on any atom is 0.352 e. The number of amides is 4. The van der Waals surface area contributed by atoms with Crippen molar-refractivity contribution < 1.29 is 42.9 Å². The summed E-state index contributed by atoms with van der Waals surface area (Å²) in [5, 5.41) is 20.5. The second-order valence-corrected chi connectivity index (χ2v) is 16.7. The number of aryl methyl sites for hydroxylation is 4. The number of benzene rings is 4. The predicted octanol–water partition coefficient (Wildman–Crippen LogP) is 7.39. The van der Waals surface area contributed by atoms with Crippen LogP contribution < -0.4 is 14.8 Å². The van der Waals surface area contributed by atoms with Gasteiger partial charge >= 0.3 is 5.97 Å². The molecule has 1 saturated heterocycles. The van der Waals surface area contributed by atoms with Gasteiger partial charge in [-0.05, 0) is 99.4 Å². The molecule has 64 heavy (non-hydrogen) atoms. The summed E-state index contributed by atoms with van der Waals surface area (Å²) in [6, 6.07) is 17.9. The summed E-state index contributed by atoms with van der Waals surface area (Å²) >= 11 is 7.02. The molecule has 2 aliphatic rings. The smallest absolute Gasteiger partial charge is 0.352 e. The molecule has 2 N–H and O–H groups in total. The number of nitrogens with zero attached hydrogens (tertiary/aromatic N) is 5. The van der Waals surface area contributed by atoms with Crippen LogP contribution in [0.5, 0.6) is 11.5 Å². The molecule has 2 aliphatic heterocycles. The molecule has 4 heterocycles. The number of ether oxygens (including phenoxy) is 2. The first-order valence-corrected chi connectivity index (χ1v) is 21.6. The van der Waals surface area contributed by atoms with E-state index in [1.54, 1.807) is 47.0 Å². The number of aromatic nitrogens is 3. The van der Waals surface area contributed by atoms with E-state index >= 15 is 0 Å². The highest BCUT2D eigenvalue weighted by Gasteiger charge is 2.40. The van der Waals surface area contributed by atoms with Crippen molar-refractivity contribution in [2.24, 2.45) is 7.05 Å². The van der Waals surface area contributed by atoms with E-state index in [1.807, 2.05) is 49.7 Å². The Kier molecular flexibility index (Phi) is 12.5. The van der Waals surface area contributed by atoms with Gasteiger partial charge in [-0.25, -0.2) is 9.18 Å². The van der Waals surface area contributed by atoms with Crippen molar-refractivity contribution in [3.05, 3.63) is 111 Å². The van der Waals surface area contributed by atoms with Gasteiger partial charge < -0.3 is 28.9 Å². The van der Waals surface area contributed by atoms with Gasteiger partial charge in [0.05, 0.1) is 29.4 Å². The largest absolute Gasteiger partial charge is 0.493 e. The van der Waals surface area contributed by atoms with Crippen LogP contribution >= 0.6 is 11.6 Å². The molecule has 14 nitrogen and oxygen atoms in total. The molecule has 0 aliphatic carbocycles. The van der Waals surface area contributed by atoms with Gasteiger partial charge in [0.25, 0.3) is 11.8 Å². The van der Waals surface area contributed by atoms with Crippen molar-refractivity contribution in [3.8, 4) is 22.6 Å². The lowest BCUT2D eigenvalue weighted by atomic mass is 9.98. The van der Waals surface area contributed by atoms with Gasteiger partial charge in [0, 0.05) is 72.3 Å². The van der Waals surface area contributed by atoms with Gasteiger partial charge in [-0.3, -0.25) is 29.2 Å². The van der Waals surface area contributed by atoms with Gasteiger partial charge in [-0.2, -0.15) is 5.10 Å². The summed E-state index contributed by atoms with van der Waals surface area (Å²) < 4.78 is 29.7. The zero-order valence-corrected chi connectivity index (χ0v) is 36.8. The third kappa shape index (κ3) is 8.39. The maximum absolute atomic E-state index is 13.9. The average Bonchev–Trinajstić information content (AvgIpc) is 3.86. The number of nitrogens with one attached hydrogen (secondary N) is 1. The second kappa shape index (κ2) is 18.2. The molecule has 1 unspecified atom stereocenters. The standard InChI is InChI=1S/C48H48ClFN6O8/c1-27-42(28(2)54(4)52-27)43-36(49)18-17-33-32(12-9-23-63-38-13-7-10-29-24-30(50)15-16-31(29)38)45(48(61)62)55(44(33)43)22-6-5-21-53(3)41(58)26-64-39-14-8-11-34-35(39)25-56(47(34)60)37-19-20-40(57)51-46(37)59/h7-8,10-11,13-18,24,37H,5-6,9,12,19-23,25-26H2,1-4H3,(H,61,62)(H,51,57,59). The minimum Gasteiger partial charge on any atom is -0.493 e. The van der Waals surface area contributed by atoms with Gasteiger partial charge in [-0.1, -0.05) is 35.9 Å². The number of hydrogen-bond acceptors (Lipinski definition) is 8. The van der Waals surface area contributed by atoms with Crippen LogP contribution in [0, 0.1) is 19.7 Å². The predicted molar refractivity (Wildman–Crippen MR) is 238 cm³/mol. The Balaban J connectivity index is 0.973. The lowest BCUT2D eigenvalue weighted by Crippen LogP contribution is -2.52. The van der Waals surface area contributed by atoms with Crippen LogP contribution in [0.15, 0.2) is 66.7 Å². The van der Waals surface area contributed by atoms with Crippen molar-refractivity contribution in [1.82, 2.24) is 29.5 Å². The van der Waals surface area contributed by atoms with Crippen molar-refractivity contribution in [2.75, 3.05) is 26.8 Å². The Hall–Kier alpha value is -6.74. The molecule has 4 amide bonds. The van der Waals surface area contributed by atoms with Crippen LogP contribution in [-0.4, -0.2) is 91.7 Å². The Morgan fingerprint density at radius 2 is 1.73 bits per heavy atom. The lowest BCUT2D eigenvalue weighted by Gasteiger charge is -2.29. The van der Waals surface area contributed by atoms with E-state index in [0.717, 1.165) is 33.1 Å². The van der Waals surface area contributed by atoms with Crippen LogP contribution in [0.1, 0.15) is 75.5 Å². The number of hydrogen-bond donors (Lipinski definition) is 2. The van der Waals surface area contributed by atoms with E-state index in [4.69, 9.17) is 21.1 Å². The highest BCUT2D eigenvalue weighted by Crippen LogP contribution is 2.42. The summed E-state index contributed by atoms with van der Waals surface area (Å²) in [5.41, 5.74) is 5.63. The second-order valence-electron chi connectivity index (χ2n) is 16.3. The minimum atomic E-state index is -1.08. The zero-order valence-electron chi connectivity index (χ0n) is 36.0. The van der Waals surface area contributed by atoms with Crippen LogP contribution in [-0.2, 0) is 40.9 Å². The van der Waals surface area contributed by atoms with E-state index in [9.17, 15) is 33.5 Å². The number of piperidine rings is 1. The van der Waals surface area contributed by atoms with Gasteiger partial charge in [0.2, 0.25) is 11.8 Å². The first-order valence-electron chi connectivity index (χ1n) is 21.2. The fraction of sp³-hybridized carbons (Fsp3) is 0.333. The normalized spacial score (nSPS) is 14.9. The Morgan fingerprint density at radius 3 is 2.48 bits per heavy atom.